The minimum absolute atomic E-state index is 0.552. The molecule has 0 bridgehead atoms. The van der Waals surface area contributed by atoms with Crippen LogP contribution in [0.5, 0.6) is 0 Å². The summed E-state index contributed by atoms with van der Waals surface area (Å²) in [6.45, 7) is 5.06. The highest BCUT2D eigenvalue weighted by Crippen LogP contribution is 2.23. The maximum Gasteiger partial charge on any atom is 0.0454 e. The molecular weight excluding hydrogens is 270 g/mol. The van der Waals surface area contributed by atoms with Crippen molar-refractivity contribution in [2.45, 2.75) is 25.9 Å². The largest absolute Gasteiger partial charge is 0.326 e. The normalized spacial score (nSPS) is 17.9. The maximum absolute atomic E-state index is 6.34. The Labute approximate surface area is 127 Å². The molecule has 2 N–H and O–H groups in total. The van der Waals surface area contributed by atoms with Crippen molar-refractivity contribution in [2.24, 2.45) is 11.7 Å². The smallest absolute Gasteiger partial charge is 0.0454 e. The summed E-state index contributed by atoms with van der Waals surface area (Å²) in [5.41, 5.74) is 7.95. The molecule has 0 atom stereocenters. The van der Waals surface area contributed by atoms with E-state index >= 15 is 0 Å². The van der Waals surface area contributed by atoms with Gasteiger partial charge in [0, 0.05) is 24.7 Å². The summed E-state index contributed by atoms with van der Waals surface area (Å²) in [5.74, 6) is 0.844. The number of likely N-dealkylation sites (tertiary alicyclic amines) is 1. The molecule has 1 aliphatic heterocycles. The second-order valence-electron chi connectivity index (χ2n) is 6.11. The molecule has 112 valence electrons. The Balaban J connectivity index is 1.86. The number of nitrogens with two attached hydrogens (primary N) is 1. The molecule has 4 heteroatoms. The zero-order valence-corrected chi connectivity index (χ0v) is 13.4. The highest BCUT2D eigenvalue weighted by Gasteiger charge is 2.20. The number of halogens is 1. The third-order valence-electron chi connectivity index (χ3n) is 4.08. The third-order valence-corrected chi connectivity index (χ3v) is 4.43. The van der Waals surface area contributed by atoms with Gasteiger partial charge in [0.2, 0.25) is 0 Å². The lowest BCUT2D eigenvalue weighted by atomic mass is 9.96. The molecule has 2 rings (SSSR count). The van der Waals surface area contributed by atoms with Crippen LogP contribution < -0.4 is 5.73 Å². The third kappa shape index (κ3) is 4.45. The molecule has 0 saturated carbocycles. The van der Waals surface area contributed by atoms with Gasteiger partial charge in [-0.3, -0.25) is 4.90 Å². The molecule has 0 unspecified atom stereocenters. The van der Waals surface area contributed by atoms with E-state index in [1.807, 2.05) is 6.07 Å². The Bertz CT molecular complexity index is 426. The van der Waals surface area contributed by atoms with Gasteiger partial charge in [0.05, 0.1) is 0 Å². The van der Waals surface area contributed by atoms with Crippen molar-refractivity contribution in [1.82, 2.24) is 9.80 Å². The molecule has 3 nitrogen and oxygen atoms in total. The molecular formula is C16H26ClN3. The summed E-state index contributed by atoms with van der Waals surface area (Å²) in [5, 5.41) is 0.850. The molecule has 20 heavy (non-hydrogen) atoms. The number of nitrogens with zero attached hydrogens (tertiary/aromatic N) is 2. The van der Waals surface area contributed by atoms with Crippen molar-refractivity contribution in [3.8, 4) is 0 Å². The summed E-state index contributed by atoms with van der Waals surface area (Å²) < 4.78 is 0. The van der Waals surface area contributed by atoms with Crippen LogP contribution >= 0.6 is 11.6 Å². The van der Waals surface area contributed by atoms with Gasteiger partial charge in [-0.15, -0.1) is 0 Å². The molecule has 1 heterocycles. The highest BCUT2D eigenvalue weighted by molar-refractivity contribution is 6.31. The van der Waals surface area contributed by atoms with E-state index in [2.05, 4.69) is 36.0 Å². The molecule has 0 aromatic heterocycles. The zero-order chi connectivity index (χ0) is 14.5. The summed E-state index contributed by atoms with van der Waals surface area (Å²) in [6.07, 6.45) is 2.58. The Morgan fingerprint density at radius 1 is 1.30 bits per heavy atom. The van der Waals surface area contributed by atoms with Gasteiger partial charge in [-0.25, -0.2) is 0 Å². The first kappa shape index (κ1) is 15.8. The van der Waals surface area contributed by atoms with Gasteiger partial charge in [0.25, 0.3) is 0 Å². The van der Waals surface area contributed by atoms with E-state index in [0.29, 0.717) is 6.54 Å². The standard InChI is InChI=1S/C16H26ClN3/c1-19(2)11-13-5-7-20(8-6-13)12-15-4-3-14(10-18)9-16(15)17/h3-4,9,13H,5-8,10-12,18H2,1-2H3. The van der Waals surface area contributed by atoms with E-state index in [9.17, 15) is 0 Å². The van der Waals surface area contributed by atoms with E-state index in [1.54, 1.807) is 0 Å². The monoisotopic (exact) mass is 295 g/mol. The van der Waals surface area contributed by atoms with Crippen molar-refractivity contribution in [2.75, 3.05) is 33.7 Å². The van der Waals surface area contributed by atoms with Gasteiger partial charge in [0.1, 0.15) is 0 Å². The average molecular weight is 296 g/mol. The second kappa shape index (κ2) is 7.41. The van der Waals surface area contributed by atoms with E-state index in [1.165, 1.54) is 38.0 Å². The zero-order valence-electron chi connectivity index (χ0n) is 12.6. The van der Waals surface area contributed by atoms with Gasteiger partial charge in [0.15, 0.2) is 0 Å². The Morgan fingerprint density at radius 3 is 2.55 bits per heavy atom. The second-order valence-corrected chi connectivity index (χ2v) is 6.52. The lowest BCUT2D eigenvalue weighted by Crippen LogP contribution is -2.36. The van der Waals surface area contributed by atoms with Crippen molar-refractivity contribution in [3.05, 3.63) is 34.3 Å². The van der Waals surface area contributed by atoms with Crippen LogP contribution in [0, 0.1) is 5.92 Å². The first-order valence-electron chi connectivity index (χ1n) is 7.43. The van der Waals surface area contributed by atoms with Crippen LogP contribution in [0.25, 0.3) is 0 Å². The molecule has 1 aliphatic rings. The van der Waals surface area contributed by atoms with Crippen molar-refractivity contribution in [3.63, 3.8) is 0 Å². The molecule has 1 saturated heterocycles. The van der Waals surface area contributed by atoms with Crippen LogP contribution in [0.15, 0.2) is 18.2 Å². The molecule has 0 aliphatic carbocycles. The van der Waals surface area contributed by atoms with Gasteiger partial charge < -0.3 is 10.6 Å². The van der Waals surface area contributed by atoms with E-state index in [4.69, 9.17) is 17.3 Å². The van der Waals surface area contributed by atoms with Crippen molar-refractivity contribution >= 4 is 11.6 Å². The van der Waals surface area contributed by atoms with Crippen LogP contribution in [0.2, 0.25) is 5.02 Å². The Kier molecular flexibility index (Phi) is 5.85. The first-order valence-corrected chi connectivity index (χ1v) is 7.80. The van der Waals surface area contributed by atoms with Crippen LogP contribution in [-0.2, 0) is 13.1 Å². The number of rotatable bonds is 5. The van der Waals surface area contributed by atoms with Crippen LogP contribution in [0.1, 0.15) is 24.0 Å². The minimum Gasteiger partial charge on any atom is -0.326 e. The molecule has 0 radical (unpaired) electrons. The number of hydrogen-bond donors (Lipinski definition) is 1. The van der Waals surface area contributed by atoms with Crippen molar-refractivity contribution in [1.29, 1.82) is 0 Å². The van der Waals surface area contributed by atoms with Gasteiger partial charge in [-0.05, 0) is 63.1 Å². The lowest BCUT2D eigenvalue weighted by molar-refractivity contribution is 0.157. The van der Waals surface area contributed by atoms with E-state index in [0.717, 1.165) is 23.0 Å². The summed E-state index contributed by atoms with van der Waals surface area (Å²) in [4.78, 5) is 4.80. The average Bonchev–Trinajstić information content (AvgIpc) is 2.42. The molecule has 0 spiro atoms. The fourth-order valence-corrected chi connectivity index (χ4v) is 3.19. The SMILES string of the molecule is CN(C)CC1CCN(Cc2ccc(CN)cc2Cl)CC1. The fourth-order valence-electron chi connectivity index (χ4n) is 2.93. The van der Waals surface area contributed by atoms with Gasteiger partial charge in [-0.1, -0.05) is 23.7 Å². The van der Waals surface area contributed by atoms with Crippen molar-refractivity contribution < 1.29 is 0 Å². The van der Waals surface area contributed by atoms with Crippen LogP contribution in [-0.4, -0.2) is 43.5 Å². The fraction of sp³-hybridized carbons (Fsp3) is 0.625. The first-order chi connectivity index (χ1) is 9.58. The predicted octanol–water partition coefficient (Wildman–Crippen LogP) is 2.57. The Morgan fingerprint density at radius 2 is 2.00 bits per heavy atom. The highest BCUT2D eigenvalue weighted by atomic mass is 35.5. The molecule has 1 aromatic rings. The number of piperidine rings is 1. The number of benzene rings is 1. The van der Waals surface area contributed by atoms with Gasteiger partial charge in [-0.2, -0.15) is 0 Å². The van der Waals surface area contributed by atoms with E-state index < -0.39 is 0 Å². The Hall–Kier alpha value is -0.610. The number of hydrogen-bond acceptors (Lipinski definition) is 3. The topological polar surface area (TPSA) is 32.5 Å². The maximum atomic E-state index is 6.34. The molecule has 1 fully saturated rings. The molecule has 0 amide bonds. The van der Waals surface area contributed by atoms with Crippen LogP contribution in [0.3, 0.4) is 0 Å². The summed E-state index contributed by atoms with van der Waals surface area (Å²) in [7, 11) is 4.32. The summed E-state index contributed by atoms with van der Waals surface area (Å²) in [6, 6.07) is 6.20. The predicted molar refractivity (Wildman–Crippen MR) is 85.9 cm³/mol. The quantitative estimate of drug-likeness (QED) is 0.906. The minimum atomic E-state index is 0.552. The van der Waals surface area contributed by atoms with Crippen LogP contribution in [0.4, 0.5) is 0 Å². The molecule has 1 aromatic carbocycles. The van der Waals surface area contributed by atoms with E-state index in [-0.39, 0.29) is 0 Å². The summed E-state index contributed by atoms with van der Waals surface area (Å²) >= 11 is 6.34. The van der Waals surface area contributed by atoms with Gasteiger partial charge >= 0.3 is 0 Å². The lowest BCUT2D eigenvalue weighted by Gasteiger charge is -2.33.